The maximum absolute atomic E-state index is 12.5. The van der Waals surface area contributed by atoms with E-state index < -0.39 is 0 Å². The summed E-state index contributed by atoms with van der Waals surface area (Å²) in [6, 6.07) is 5.53. The van der Waals surface area contributed by atoms with Crippen molar-refractivity contribution in [2.24, 2.45) is 0 Å². The standard InChI is InChI=1S/C18H20ClN3O2/c1-24-15-8-12(6-7-13(15)19)21-14-9-22(20)18(23)17-11-4-2-10(3-5-11)16(14)17/h6-11,21H,2-5,20H2,1H3. The number of benzene rings is 1. The molecule has 3 aliphatic carbocycles. The number of aromatic nitrogens is 1. The maximum atomic E-state index is 12.5. The molecular formula is C18H20ClN3O2. The predicted molar refractivity (Wildman–Crippen MR) is 96.1 cm³/mol. The number of nitrogens with two attached hydrogens (primary N) is 1. The first-order valence-corrected chi connectivity index (χ1v) is 8.61. The molecule has 0 saturated heterocycles. The van der Waals surface area contributed by atoms with Gasteiger partial charge in [0.2, 0.25) is 0 Å². The van der Waals surface area contributed by atoms with E-state index in [1.165, 1.54) is 4.68 Å². The van der Waals surface area contributed by atoms with Gasteiger partial charge in [0.05, 0.1) is 24.0 Å². The molecule has 1 fully saturated rings. The number of rotatable bonds is 3. The highest BCUT2D eigenvalue weighted by molar-refractivity contribution is 6.32. The number of methoxy groups -OCH3 is 1. The van der Waals surface area contributed by atoms with Crippen LogP contribution >= 0.6 is 11.6 Å². The molecule has 0 atom stereocenters. The van der Waals surface area contributed by atoms with Crippen molar-refractivity contribution in [3.8, 4) is 5.75 Å². The fraction of sp³-hybridized carbons (Fsp3) is 0.389. The third-order valence-electron chi connectivity index (χ3n) is 5.29. The average Bonchev–Trinajstić information content (AvgIpc) is 2.61. The lowest BCUT2D eigenvalue weighted by Crippen LogP contribution is -2.37. The SMILES string of the molecule is COc1cc(Nc2cn(N)c(=O)c3c2C2CCC3CC2)ccc1Cl. The highest BCUT2D eigenvalue weighted by Crippen LogP contribution is 2.50. The Kier molecular flexibility index (Phi) is 3.68. The molecule has 126 valence electrons. The molecule has 5 rings (SSSR count). The third-order valence-corrected chi connectivity index (χ3v) is 5.60. The number of nitrogen functional groups attached to an aromatic ring is 1. The predicted octanol–water partition coefficient (Wildman–Crippen LogP) is 3.72. The molecule has 0 amide bonds. The molecule has 3 aliphatic rings. The van der Waals surface area contributed by atoms with Crippen molar-refractivity contribution >= 4 is 23.0 Å². The molecule has 24 heavy (non-hydrogen) atoms. The van der Waals surface area contributed by atoms with E-state index in [1.807, 2.05) is 12.1 Å². The van der Waals surface area contributed by atoms with E-state index in [9.17, 15) is 4.79 Å². The van der Waals surface area contributed by atoms with Crippen LogP contribution in [-0.2, 0) is 0 Å². The van der Waals surface area contributed by atoms with Gasteiger partial charge in [-0.2, -0.15) is 0 Å². The number of nitrogens with one attached hydrogen (secondary N) is 1. The van der Waals surface area contributed by atoms with E-state index in [0.29, 0.717) is 22.6 Å². The molecular weight excluding hydrogens is 326 g/mol. The van der Waals surface area contributed by atoms with E-state index >= 15 is 0 Å². The Balaban J connectivity index is 1.81. The largest absolute Gasteiger partial charge is 0.495 e. The van der Waals surface area contributed by atoms with Gasteiger partial charge in [-0.1, -0.05) is 11.6 Å². The fourth-order valence-electron chi connectivity index (χ4n) is 4.16. The van der Waals surface area contributed by atoms with Crippen LogP contribution < -0.4 is 21.5 Å². The second-order valence-corrected chi connectivity index (χ2v) is 7.01. The van der Waals surface area contributed by atoms with Gasteiger partial charge < -0.3 is 15.9 Å². The zero-order valence-electron chi connectivity index (χ0n) is 13.5. The van der Waals surface area contributed by atoms with Gasteiger partial charge in [0.1, 0.15) is 5.75 Å². The summed E-state index contributed by atoms with van der Waals surface area (Å²) in [7, 11) is 1.59. The van der Waals surface area contributed by atoms with Gasteiger partial charge in [-0.3, -0.25) is 4.79 Å². The number of fused-ring (bicyclic) bond motifs is 2. The molecule has 1 saturated carbocycles. The number of pyridine rings is 1. The second kappa shape index (κ2) is 5.74. The van der Waals surface area contributed by atoms with Crippen molar-refractivity contribution in [3.05, 3.63) is 50.9 Å². The molecule has 0 unspecified atom stereocenters. The average molecular weight is 346 g/mol. The Bertz CT molecular complexity index is 854. The molecule has 1 heterocycles. The lowest BCUT2D eigenvalue weighted by atomic mass is 9.67. The normalized spacial score (nSPS) is 21.4. The minimum Gasteiger partial charge on any atom is -0.495 e. The molecule has 0 radical (unpaired) electrons. The van der Waals surface area contributed by atoms with E-state index in [4.69, 9.17) is 22.2 Å². The van der Waals surface area contributed by atoms with Crippen LogP contribution in [0.25, 0.3) is 0 Å². The van der Waals surface area contributed by atoms with Crippen molar-refractivity contribution in [3.63, 3.8) is 0 Å². The Morgan fingerprint density at radius 3 is 2.54 bits per heavy atom. The highest BCUT2D eigenvalue weighted by Gasteiger charge is 2.37. The molecule has 6 heteroatoms. The van der Waals surface area contributed by atoms with Gasteiger partial charge in [0.15, 0.2) is 0 Å². The van der Waals surface area contributed by atoms with Crippen LogP contribution in [0.5, 0.6) is 5.75 Å². The number of anilines is 2. The van der Waals surface area contributed by atoms with Crippen LogP contribution in [0.2, 0.25) is 5.02 Å². The summed E-state index contributed by atoms with van der Waals surface area (Å²) in [6.07, 6.45) is 6.16. The summed E-state index contributed by atoms with van der Waals surface area (Å²) in [5.74, 6) is 7.32. The van der Waals surface area contributed by atoms with Crippen LogP contribution in [0, 0.1) is 0 Å². The minimum absolute atomic E-state index is 0.0568. The Morgan fingerprint density at radius 2 is 1.88 bits per heavy atom. The summed E-state index contributed by atoms with van der Waals surface area (Å²) >= 11 is 6.09. The number of halogens is 1. The monoisotopic (exact) mass is 345 g/mol. The van der Waals surface area contributed by atoms with Crippen LogP contribution in [0.4, 0.5) is 11.4 Å². The molecule has 1 aromatic heterocycles. The summed E-state index contributed by atoms with van der Waals surface area (Å²) in [5.41, 5.74) is 3.77. The van der Waals surface area contributed by atoms with Crippen LogP contribution in [0.1, 0.15) is 48.6 Å². The van der Waals surface area contributed by atoms with E-state index in [-0.39, 0.29) is 5.56 Å². The molecule has 1 aromatic carbocycles. The first kappa shape index (κ1) is 15.4. The third kappa shape index (κ3) is 2.35. The number of nitrogens with zero attached hydrogens (tertiary/aromatic N) is 1. The molecule has 0 aliphatic heterocycles. The molecule has 0 spiro atoms. The molecule has 3 N–H and O–H groups in total. The van der Waals surface area contributed by atoms with Crippen LogP contribution in [0.15, 0.2) is 29.2 Å². The van der Waals surface area contributed by atoms with Gasteiger partial charge >= 0.3 is 0 Å². The number of ether oxygens (including phenoxy) is 1. The first-order valence-electron chi connectivity index (χ1n) is 8.23. The van der Waals surface area contributed by atoms with E-state index in [1.54, 1.807) is 19.4 Å². The lowest BCUT2D eigenvalue weighted by molar-refractivity contribution is 0.355. The van der Waals surface area contributed by atoms with Crippen molar-refractivity contribution in [2.45, 2.75) is 37.5 Å². The zero-order chi connectivity index (χ0) is 16.8. The molecule has 2 bridgehead atoms. The minimum atomic E-state index is -0.0568. The van der Waals surface area contributed by atoms with Crippen molar-refractivity contribution in [1.29, 1.82) is 0 Å². The maximum Gasteiger partial charge on any atom is 0.272 e. The van der Waals surface area contributed by atoms with Crippen molar-refractivity contribution < 1.29 is 4.74 Å². The lowest BCUT2D eigenvalue weighted by Gasteiger charge is -2.39. The Labute approximate surface area is 145 Å². The van der Waals surface area contributed by atoms with Gasteiger partial charge in [0.25, 0.3) is 5.56 Å². The summed E-state index contributed by atoms with van der Waals surface area (Å²) < 4.78 is 6.48. The topological polar surface area (TPSA) is 69.3 Å². The van der Waals surface area contributed by atoms with Gasteiger partial charge in [-0.15, -0.1) is 0 Å². The zero-order valence-corrected chi connectivity index (χ0v) is 14.3. The molecule has 2 aromatic rings. The summed E-state index contributed by atoms with van der Waals surface area (Å²) in [6.45, 7) is 0. The highest BCUT2D eigenvalue weighted by atomic mass is 35.5. The first-order chi connectivity index (χ1) is 11.6. The summed E-state index contributed by atoms with van der Waals surface area (Å²) in [5, 5.41) is 3.97. The number of hydrogen-bond acceptors (Lipinski definition) is 4. The van der Waals surface area contributed by atoms with Gasteiger partial charge in [-0.25, -0.2) is 4.68 Å². The van der Waals surface area contributed by atoms with Crippen molar-refractivity contribution in [2.75, 3.05) is 18.3 Å². The van der Waals surface area contributed by atoms with E-state index in [0.717, 1.165) is 48.2 Å². The van der Waals surface area contributed by atoms with Crippen molar-refractivity contribution in [1.82, 2.24) is 4.68 Å². The molecule has 5 nitrogen and oxygen atoms in total. The summed E-state index contributed by atoms with van der Waals surface area (Å²) in [4.78, 5) is 12.5. The quantitative estimate of drug-likeness (QED) is 0.832. The Morgan fingerprint density at radius 1 is 1.21 bits per heavy atom. The fourth-order valence-corrected chi connectivity index (χ4v) is 4.36. The van der Waals surface area contributed by atoms with Crippen LogP contribution in [-0.4, -0.2) is 11.8 Å². The second-order valence-electron chi connectivity index (χ2n) is 6.61. The van der Waals surface area contributed by atoms with Gasteiger partial charge in [0, 0.05) is 17.3 Å². The smallest absolute Gasteiger partial charge is 0.272 e. The number of hydrogen-bond donors (Lipinski definition) is 2. The Hall–Kier alpha value is -2.14. The van der Waals surface area contributed by atoms with Gasteiger partial charge in [-0.05, 0) is 55.2 Å². The van der Waals surface area contributed by atoms with Crippen LogP contribution in [0.3, 0.4) is 0 Å². The van der Waals surface area contributed by atoms with E-state index in [2.05, 4.69) is 5.32 Å².